The average Bonchev–Trinajstić information content (AvgIpc) is 3.55. The number of rotatable bonds is 5. The molecule has 0 spiro atoms. The zero-order valence-corrected chi connectivity index (χ0v) is 18.7. The number of anilines is 1. The van der Waals surface area contributed by atoms with Crippen molar-refractivity contribution < 1.29 is 9.53 Å². The molecule has 1 aliphatic heterocycles. The van der Waals surface area contributed by atoms with Crippen LogP contribution in [0.1, 0.15) is 5.56 Å². The van der Waals surface area contributed by atoms with Gasteiger partial charge in [-0.1, -0.05) is 30.3 Å². The Kier molecular flexibility index (Phi) is 5.30. The van der Waals surface area contributed by atoms with Crippen molar-refractivity contribution in [3.05, 3.63) is 89.6 Å². The average molecular weight is 459 g/mol. The molecule has 158 valence electrons. The van der Waals surface area contributed by atoms with E-state index in [1.54, 1.807) is 30.6 Å². The zero-order valence-electron chi connectivity index (χ0n) is 17.1. The third-order valence-corrected chi connectivity index (χ3v) is 6.17. The van der Waals surface area contributed by atoms with E-state index in [0.29, 0.717) is 22.2 Å². The van der Waals surface area contributed by atoms with E-state index >= 15 is 0 Å². The maximum atomic E-state index is 13.2. The molecule has 2 aromatic heterocycles. The maximum Gasteiger partial charge on any atom is 0.281 e. The minimum atomic E-state index is -0.229. The van der Waals surface area contributed by atoms with Crippen molar-refractivity contribution in [2.75, 3.05) is 12.0 Å². The smallest absolute Gasteiger partial charge is 0.281 e. The van der Waals surface area contributed by atoms with Gasteiger partial charge >= 0.3 is 0 Å². The first-order chi connectivity index (χ1) is 15.6. The SMILES string of the molecule is COc1cccc(N2C(=O)/C(=C/c3cn(-c4ccccc4)nc3-c3cccs3)NC2=S)c1. The number of hydrogen-bond acceptors (Lipinski definition) is 5. The summed E-state index contributed by atoms with van der Waals surface area (Å²) in [4.78, 5) is 15.7. The lowest BCUT2D eigenvalue weighted by atomic mass is 10.2. The van der Waals surface area contributed by atoms with Gasteiger partial charge in [-0.15, -0.1) is 11.3 Å². The van der Waals surface area contributed by atoms with Crippen LogP contribution in [0.15, 0.2) is 84.0 Å². The predicted octanol–water partition coefficient (Wildman–Crippen LogP) is 4.87. The van der Waals surface area contributed by atoms with E-state index < -0.39 is 0 Å². The van der Waals surface area contributed by atoms with E-state index in [4.69, 9.17) is 22.1 Å². The van der Waals surface area contributed by atoms with Crippen LogP contribution in [-0.2, 0) is 4.79 Å². The van der Waals surface area contributed by atoms with Crippen molar-refractivity contribution >= 4 is 46.3 Å². The summed E-state index contributed by atoms with van der Waals surface area (Å²) in [6.45, 7) is 0. The molecule has 1 aliphatic rings. The number of nitrogens with zero attached hydrogens (tertiary/aromatic N) is 3. The molecule has 32 heavy (non-hydrogen) atoms. The largest absolute Gasteiger partial charge is 0.497 e. The Labute approximate surface area is 194 Å². The molecule has 0 bridgehead atoms. The number of aromatic nitrogens is 2. The number of carbonyl (C=O) groups is 1. The fourth-order valence-corrected chi connectivity index (χ4v) is 4.51. The van der Waals surface area contributed by atoms with E-state index in [1.807, 2.05) is 76.9 Å². The molecule has 1 N–H and O–H groups in total. The Hall–Kier alpha value is -3.75. The minimum Gasteiger partial charge on any atom is -0.497 e. The topological polar surface area (TPSA) is 59.4 Å². The van der Waals surface area contributed by atoms with Crippen LogP contribution in [0.25, 0.3) is 22.3 Å². The van der Waals surface area contributed by atoms with Crippen LogP contribution in [-0.4, -0.2) is 27.9 Å². The first kappa shape index (κ1) is 20.2. The molecule has 0 saturated carbocycles. The number of thiocarbonyl (C=S) groups is 1. The van der Waals surface area contributed by atoms with Gasteiger partial charge in [0.05, 0.1) is 23.4 Å². The number of hydrogen-bond donors (Lipinski definition) is 1. The van der Waals surface area contributed by atoms with Gasteiger partial charge in [-0.25, -0.2) is 4.68 Å². The van der Waals surface area contributed by atoms with Gasteiger partial charge in [0, 0.05) is 17.8 Å². The van der Waals surface area contributed by atoms with Gasteiger partial charge in [0.2, 0.25) is 0 Å². The highest BCUT2D eigenvalue weighted by Gasteiger charge is 2.32. The zero-order chi connectivity index (χ0) is 22.1. The van der Waals surface area contributed by atoms with Crippen LogP contribution in [0.4, 0.5) is 5.69 Å². The molecule has 3 heterocycles. The number of ether oxygens (including phenoxy) is 1. The van der Waals surface area contributed by atoms with Crippen molar-refractivity contribution in [3.8, 4) is 22.0 Å². The normalized spacial score (nSPS) is 14.8. The van der Waals surface area contributed by atoms with Crippen LogP contribution < -0.4 is 15.0 Å². The number of carbonyl (C=O) groups excluding carboxylic acids is 1. The molecule has 1 saturated heterocycles. The van der Waals surface area contributed by atoms with Gasteiger partial charge < -0.3 is 10.1 Å². The Bertz CT molecular complexity index is 1330. The second kappa shape index (κ2) is 8.41. The molecular weight excluding hydrogens is 440 g/mol. The molecule has 5 rings (SSSR count). The third-order valence-electron chi connectivity index (χ3n) is 5.01. The van der Waals surface area contributed by atoms with Gasteiger partial charge in [0.1, 0.15) is 17.1 Å². The molecule has 1 amide bonds. The van der Waals surface area contributed by atoms with Crippen molar-refractivity contribution in [2.24, 2.45) is 0 Å². The van der Waals surface area contributed by atoms with Crippen LogP contribution in [0.5, 0.6) is 5.75 Å². The number of benzene rings is 2. The lowest BCUT2D eigenvalue weighted by Gasteiger charge is -2.14. The summed E-state index contributed by atoms with van der Waals surface area (Å²) in [5.41, 5.74) is 3.60. The summed E-state index contributed by atoms with van der Waals surface area (Å²) >= 11 is 7.06. The summed E-state index contributed by atoms with van der Waals surface area (Å²) in [5.74, 6) is 0.424. The quantitative estimate of drug-likeness (QED) is 0.342. The summed E-state index contributed by atoms with van der Waals surface area (Å²) in [7, 11) is 1.59. The Morgan fingerprint density at radius 3 is 2.62 bits per heavy atom. The highest BCUT2D eigenvalue weighted by Crippen LogP contribution is 2.31. The molecule has 1 fully saturated rings. The van der Waals surface area contributed by atoms with Gasteiger partial charge in [-0.05, 0) is 54.0 Å². The summed E-state index contributed by atoms with van der Waals surface area (Å²) in [5, 5.41) is 10.2. The molecule has 2 aromatic carbocycles. The molecular formula is C24H18N4O2S2. The van der Waals surface area contributed by atoms with Crippen molar-refractivity contribution in [3.63, 3.8) is 0 Å². The predicted molar refractivity (Wildman–Crippen MR) is 131 cm³/mol. The highest BCUT2D eigenvalue weighted by atomic mass is 32.1. The number of methoxy groups -OCH3 is 1. The summed E-state index contributed by atoms with van der Waals surface area (Å²) < 4.78 is 7.10. The van der Waals surface area contributed by atoms with Crippen LogP contribution in [0.3, 0.4) is 0 Å². The Balaban J connectivity index is 1.55. The van der Waals surface area contributed by atoms with Crippen LogP contribution in [0.2, 0.25) is 0 Å². The summed E-state index contributed by atoms with van der Waals surface area (Å²) in [6, 6.07) is 21.1. The van der Waals surface area contributed by atoms with Crippen molar-refractivity contribution in [1.29, 1.82) is 0 Å². The highest BCUT2D eigenvalue weighted by molar-refractivity contribution is 7.80. The van der Waals surface area contributed by atoms with Gasteiger partial charge in [0.25, 0.3) is 5.91 Å². The molecule has 8 heteroatoms. The molecule has 0 radical (unpaired) electrons. The second-order valence-corrected chi connectivity index (χ2v) is 8.36. The minimum absolute atomic E-state index is 0.229. The van der Waals surface area contributed by atoms with Gasteiger partial charge in [0.15, 0.2) is 5.11 Å². The first-order valence-corrected chi connectivity index (χ1v) is 11.1. The Morgan fingerprint density at radius 1 is 1.06 bits per heavy atom. The second-order valence-electron chi connectivity index (χ2n) is 7.02. The third kappa shape index (κ3) is 3.70. The lowest BCUT2D eigenvalue weighted by Crippen LogP contribution is -2.30. The fourth-order valence-electron chi connectivity index (χ4n) is 3.49. The van der Waals surface area contributed by atoms with Gasteiger partial charge in [-0.2, -0.15) is 5.10 Å². The number of para-hydroxylation sites is 1. The summed E-state index contributed by atoms with van der Waals surface area (Å²) in [6.07, 6.45) is 3.72. The molecule has 4 aromatic rings. The molecule has 0 aliphatic carbocycles. The first-order valence-electron chi connectivity index (χ1n) is 9.84. The van der Waals surface area contributed by atoms with E-state index in [2.05, 4.69) is 5.32 Å². The molecule has 0 unspecified atom stereocenters. The van der Waals surface area contributed by atoms with Gasteiger partial charge in [-0.3, -0.25) is 9.69 Å². The lowest BCUT2D eigenvalue weighted by molar-refractivity contribution is -0.113. The van der Waals surface area contributed by atoms with E-state index in [1.165, 1.54) is 4.90 Å². The standard InChI is InChI=1S/C24H18N4O2S2/c1-30-19-10-5-9-18(14-19)28-23(29)20(25-24(28)31)13-16-15-27(17-7-3-2-4-8-17)26-22(16)21-11-6-12-32-21/h2-15H,1H3,(H,25,31)/b20-13-. The number of amides is 1. The van der Waals surface area contributed by atoms with Crippen molar-refractivity contribution in [1.82, 2.24) is 15.1 Å². The van der Waals surface area contributed by atoms with E-state index in [-0.39, 0.29) is 5.91 Å². The van der Waals surface area contributed by atoms with Crippen LogP contribution in [0, 0.1) is 0 Å². The fraction of sp³-hybridized carbons (Fsp3) is 0.0417. The number of thiophene rings is 1. The van der Waals surface area contributed by atoms with E-state index in [9.17, 15) is 4.79 Å². The monoisotopic (exact) mass is 458 g/mol. The van der Waals surface area contributed by atoms with E-state index in [0.717, 1.165) is 21.8 Å². The van der Waals surface area contributed by atoms with Crippen LogP contribution >= 0.6 is 23.6 Å². The molecule has 6 nitrogen and oxygen atoms in total. The van der Waals surface area contributed by atoms with Crippen molar-refractivity contribution in [2.45, 2.75) is 0 Å². The molecule has 0 atom stereocenters. The Morgan fingerprint density at radius 2 is 1.88 bits per heavy atom. The number of nitrogens with one attached hydrogen (secondary N) is 1. The maximum absolute atomic E-state index is 13.2.